The summed E-state index contributed by atoms with van der Waals surface area (Å²) in [6.45, 7) is 10.2. The van der Waals surface area contributed by atoms with Crippen molar-refractivity contribution in [3.63, 3.8) is 0 Å². The van der Waals surface area contributed by atoms with Crippen LogP contribution in [0.1, 0.15) is 45.1 Å². The summed E-state index contributed by atoms with van der Waals surface area (Å²) in [5, 5.41) is 3.25. The average molecular weight is 399 g/mol. The van der Waals surface area contributed by atoms with Crippen molar-refractivity contribution in [3.8, 4) is 11.5 Å². The number of nitrogens with one attached hydrogen (secondary N) is 1. The van der Waals surface area contributed by atoms with Gasteiger partial charge in [-0.2, -0.15) is 0 Å². The van der Waals surface area contributed by atoms with Crippen molar-refractivity contribution in [1.82, 2.24) is 5.32 Å². The van der Waals surface area contributed by atoms with E-state index < -0.39 is 17.8 Å². The molecule has 6 nitrogen and oxygen atoms in total. The van der Waals surface area contributed by atoms with Gasteiger partial charge in [-0.3, -0.25) is 9.59 Å². The Balaban J connectivity index is 2.25. The molecule has 0 fully saturated rings. The SMILES string of the molecule is C=C1NC2=C(C(=O)CC(C)(C)C2)C(c2cc(OC)ccc2OC)C1C(=O)OCC. The normalized spacial score (nSPS) is 23.2. The summed E-state index contributed by atoms with van der Waals surface area (Å²) in [4.78, 5) is 26.2. The third-order valence-electron chi connectivity index (χ3n) is 5.56. The molecule has 0 aromatic heterocycles. The molecule has 0 radical (unpaired) electrons. The first kappa shape index (κ1) is 21.0. The van der Waals surface area contributed by atoms with Crippen LogP contribution >= 0.6 is 0 Å². The summed E-state index contributed by atoms with van der Waals surface area (Å²) in [6, 6.07) is 5.41. The molecule has 156 valence electrons. The summed E-state index contributed by atoms with van der Waals surface area (Å²) in [6.07, 6.45) is 1.11. The number of esters is 1. The molecule has 1 aliphatic heterocycles. The highest BCUT2D eigenvalue weighted by atomic mass is 16.5. The molecule has 0 saturated heterocycles. The van der Waals surface area contributed by atoms with Crippen LogP contribution in [0.4, 0.5) is 0 Å². The van der Waals surface area contributed by atoms with E-state index in [1.165, 1.54) is 0 Å². The Morgan fingerprint density at radius 3 is 2.59 bits per heavy atom. The molecule has 2 aliphatic rings. The van der Waals surface area contributed by atoms with Gasteiger partial charge in [0, 0.05) is 34.9 Å². The molecular formula is C23H29NO5. The van der Waals surface area contributed by atoms with Gasteiger partial charge in [0.25, 0.3) is 0 Å². The van der Waals surface area contributed by atoms with Crippen molar-refractivity contribution in [2.75, 3.05) is 20.8 Å². The summed E-state index contributed by atoms with van der Waals surface area (Å²) in [5.74, 6) is -0.460. The number of allylic oxidation sites excluding steroid dienone is 2. The van der Waals surface area contributed by atoms with Crippen LogP contribution in [0.3, 0.4) is 0 Å². The fourth-order valence-corrected chi connectivity index (χ4v) is 4.37. The molecule has 3 rings (SSSR count). The smallest absolute Gasteiger partial charge is 0.315 e. The van der Waals surface area contributed by atoms with Crippen LogP contribution in [0.25, 0.3) is 0 Å². The largest absolute Gasteiger partial charge is 0.497 e. The van der Waals surface area contributed by atoms with Gasteiger partial charge in [0.2, 0.25) is 0 Å². The zero-order valence-corrected chi connectivity index (χ0v) is 17.8. The van der Waals surface area contributed by atoms with Crippen LogP contribution in [0.2, 0.25) is 0 Å². The highest BCUT2D eigenvalue weighted by Crippen LogP contribution is 2.50. The van der Waals surface area contributed by atoms with E-state index in [1.54, 1.807) is 33.3 Å². The first-order valence-electron chi connectivity index (χ1n) is 9.83. The molecule has 1 aromatic carbocycles. The van der Waals surface area contributed by atoms with E-state index in [9.17, 15) is 9.59 Å². The zero-order chi connectivity index (χ0) is 21.3. The Morgan fingerprint density at radius 2 is 1.97 bits per heavy atom. The van der Waals surface area contributed by atoms with Gasteiger partial charge in [-0.15, -0.1) is 0 Å². The van der Waals surface area contributed by atoms with Crippen LogP contribution in [0.15, 0.2) is 41.7 Å². The Morgan fingerprint density at radius 1 is 1.24 bits per heavy atom. The predicted molar refractivity (Wildman–Crippen MR) is 110 cm³/mol. The summed E-state index contributed by atoms with van der Waals surface area (Å²) in [5.41, 5.74) is 2.52. The number of methoxy groups -OCH3 is 2. The van der Waals surface area contributed by atoms with Gasteiger partial charge in [-0.25, -0.2) is 0 Å². The van der Waals surface area contributed by atoms with E-state index in [2.05, 4.69) is 25.7 Å². The van der Waals surface area contributed by atoms with Crippen molar-refractivity contribution in [2.45, 2.75) is 39.5 Å². The van der Waals surface area contributed by atoms with E-state index in [1.807, 2.05) is 6.07 Å². The maximum atomic E-state index is 13.3. The zero-order valence-electron chi connectivity index (χ0n) is 17.8. The number of Topliss-reactive ketones (excluding diaryl/α,β-unsaturated/α-hetero) is 1. The fraction of sp³-hybridized carbons (Fsp3) is 0.478. The summed E-state index contributed by atoms with van der Waals surface area (Å²) in [7, 11) is 3.15. The molecule has 1 aromatic rings. The highest BCUT2D eigenvalue weighted by molar-refractivity contribution is 6.01. The molecular weight excluding hydrogens is 370 g/mol. The van der Waals surface area contributed by atoms with Gasteiger partial charge in [0.15, 0.2) is 5.78 Å². The van der Waals surface area contributed by atoms with E-state index in [4.69, 9.17) is 14.2 Å². The van der Waals surface area contributed by atoms with Crippen LogP contribution in [0, 0.1) is 11.3 Å². The number of ketones is 1. The molecule has 0 amide bonds. The first-order chi connectivity index (χ1) is 13.7. The Bertz CT molecular complexity index is 883. The Hall–Kier alpha value is -2.76. The lowest BCUT2D eigenvalue weighted by molar-refractivity contribution is -0.147. The monoisotopic (exact) mass is 399 g/mol. The summed E-state index contributed by atoms with van der Waals surface area (Å²) < 4.78 is 16.3. The minimum atomic E-state index is -0.736. The molecule has 0 saturated carbocycles. The van der Waals surface area contributed by atoms with Gasteiger partial charge in [-0.1, -0.05) is 20.4 Å². The molecule has 2 atom stereocenters. The van der Waals surface area contributed by atoms with E-state index >= 15 is 0 Å². The number of carbonyl (C=O) groups excluding carboxylic acids is 2. The first-order valence-corrected chi connectivity index (χ1v) is 9.83. The highest BCUT2D eigenvalue weighted by Gasteiger charge is 2.47. The van der Waals surface area contributed by atoms with Crippen LogP contribution in [-0.2, 0) is 14.3 Å². The van der Waals surface area contributed by atoms with Gasteiger partial charge >= 0.3 is 5.97 Å². The van der Waals surface area contributed by atoms with Crippen molar-refractivity contribution >= 4 is 11.8 Å². The predicted octanol–water partition coefficient (Wildman–Crippen LogP) is 3.73. The van der Waals surface area contributed by atoms with Gasteiger partial charge in [0.05, 0.1) is 20.8 Å². The number of ether oxygens (including phenoxy) is 3. The molecule has 1 N–H and O–H groups in total. The number of benzene rings is 1. The molecule has 0 spiro atoms. The molecule has 6 heteroatoms. The van der Waals surface area contributed by atoms with Crippen molar-refractivity contribution in [1.29, 1.82) is 0 Å². The van der Waals surface area contributed by atoms with E-state index in [0.29, 0.717) is 41.2 Å². The van der Waals surface area contributed by atoms with Crippen molar-refractivity contribution < 1.29 is 23.8 Å². The third-order valence-corrected chi connectivity index (χ3v) is 5.56. The topological polar surface area (TPSA) is 73.9 Å². The molecule has 29 heavy (non-hydrogen) atoms. The van der Waals surface area contributed by atoms with Crippen molar-refractivity contribution in [2.24, 2.45) is 11.3 Å². The lowest BCUT2D eigenvalue weighted by atomic mass is 9.66. The second-order valence-corrected chi connectivity index (χ2v) is 8.30. The van der Waals surface area contributed by atoms with Gasteiger partial charge in [-0.05, 0) is 37.0 Å². The second kappa shape index (κ2) is 7.93. The Labute approximate surface area is 171 Å². The quantitative estimate of drug-likeness (QED) is 0.761. The third kappa shape index (κ3) is 3.88. The minimum absolute atomic E-state index is 0.0282. The lowest BCUT2D eigenvalue weighted by Crippen LogP contribution is -2.43. The van der Waals surface area contributed by atoms with E-state index in [0.717, 1.165) is 5.70 Å². The molecule has 1 heterocycles. The average Bonchev–Trinajstić information content (AvgIpc) is 2.65. The number of hydrogen-bond acceptors (Lipinski definition) is 6. The molecule has 1 aliphatic carbocycles. The van der Waals surface area contributed by atoms with Crippen LogP contribution in [-0.4, -0.2) is 32.6 Å². The maximum absolute atomic E-state index is 13.3. The van der Waals surface area contributed by atoms with Crippen LogP contribution < -0.4 is 14.8 Å². The maximum Gasteiger partial charge on any atom is 0.315 e. The van der Waals surface area contributed by atoms with Gasteiger partial charge in [0.1, 0.15) is 17.4 Å². The number of hydrogen-bond donors (Lipinski definition) is 1. The molecule has 0 bridgehead atoms. The van der Waals surface area contributed by atoms with Gasteiger partial charge < -0.3 is 19.5 Å². The minimum Gasteiger partial charge on any atom is -0.497 e. The lowest BCUT2D eigenvalue weighted by Gasteiger charge is -2.42. The molecule has 2 unspecified atom stereocenters. The van der Waals surface area contributed by atoms with Crippen LogP contribution in [0.5, 0.6) is 11.5 Å². The number of rotatable bonds is 5. The van der Waals surface area contributed by atoms with Crippen molar-refractivity contribution in [3.05, 3.63) is 47.3 Å². The standard InChI is InChI=1S/C23H29NO5/c1-7-29-22(26)19-13(2)24-16-11-23(3,4)12-17(25)21(16)20(19)15-10-14(27-5)8-9-18(15)28-6/h8-10,19-20,24H,2,7,11-12H2,1,3-6H3. The summed E-state index contributed by atoms with van der Waals surface area (Å²) >= 11 is 0. The number of carbonyl (C=O) groups is 2. The fourth-order valence-electron chi connectivity index (χ4n) is 4.37. The Kier molecular flexibility index (Phi) is 5.73. The van der Waals surface area contributed by atoms with E-state index in [-0.39, 0.29) is 17.8 Å². The second-order valence-electron chi connectivity index (χ2n) is 8.30.